The maximum atomic E-state index is 13.5. The van der Waals surface area contributed by atoms with E-state index in [2.05, 4.69) is 10.6 Å². The molecular formula is C22H15F2N3O4S2. The summed E-state index contributed by atoms with van der Waals surface area (Å²) in [7, 11) is 0. The zero-order chi connectivity index (χ0) is 23.3. The molecule has 3 aromatic rings. The number of anilines is 1. The third-order valence-electron chi connectivity index (χ3n) is 5.55. The number of aromatic nitrogens is 1. The fraction of sp³-hybridized carbons (Fsp3) is 0.182. The number of amides is 3. The van der Waals surface area contributed by atoms with Gasteiger partial charge in [-0.25, -0.2) is 8.78 Å². The zero-order valence-electron chi connectivity index (χ0n) is 16.7. The van der Waals surface area contributed by atoms with E-state index < -0.39 is 51.3 Å². The number of hydrogen-bond donors (Lipinski definition) is 2. The summed E-state index contributed by atoms with van der Waals surface area (Å²) >= 11 is 1.97. The number of rotatable bonds is 4. The molecule has 2 aliphatic heterocycles. The van der Waals surface area contributed by atoms with Crippen LogP contribution in [0.25, 0.3) is 0 Å². The first-order chi connectivity index (χ1) is 15.8. The first-order valence-corrected chi connectivity index (χ1v) is 11.6. The van der Waals surface area contributed by atoms with E-state index in [1.165, 1.54) is 53.1 Å². The number of nitrogens with one attached hydrogen (secondary N) is 2. The Bertz CT molecular complexity index is 1340. The lowest BCUT2D eigenvalue weighted by atomic mass is 9.83. The zero-order valence-corrected chi connectivity index (χ0v) is 18.3. The van der Waals surface area contributed by atoms with Crippen LogP contribution in [0.2, 0.25) is 0 Å². The van der Waals surface area contributed by atoms with E-state index in [1.54, 1.807) is 0 Å². The number of carbonyl (C=O) groups is 3. The predicted octanol–water partition coefficient (Wildman–Crippen LogP) is 2.71. The number of benzene rings is 2. The fourth-order valence-corrected chi connectivity index (χ4v) is 6.82. The molecule has 3 atom stereocenters. The van der Waals surface area contributed by atoms with Crippen molar-refractivity contribution in [3.8, 4) is 0 Å². The van der Waals surface area contributed by atoms with Crippen molar-refractivity contribution in [3.05, 3.63) is 80.3 Å². The lowest BCUT2D eigenvalue weighted by Gasteiger charge is -2.30. The molecule has 0 saturated carbocycles. The van der Waals surface area contributed by atoms with E-state index in [0.29, 0.717) is 21.2 Å². The predicted molar refractivity (Wildman–Crippen MR) is 118 cm³/mol. The van der Waals surface area contributed by atoms with Crippen LogP contribution in [0.1, 0.15) is 16.4 Å². The van der Waals surface area contributed by atoms with E-state index in [9.17, 15) is 28.0 Å². The van der Waals surface area contributed by atoms with Crippen LogP contribution in [-0.2, 0) is 20.9 Å². The van der Waals surface area contributed by atoms with Gasteiger partial charge in [0.2, 0.25) is 17.7 Å². The number of halogens is 2. The van der Waals surface area contributed by atoms with Gasteiger partial charge in [0.1, 0.15) is 23.4 Å². The second-order valence-corrected chi connectivity index (χ2v) is 9.75. The summed E-state index contributed by atoms with van der Waals surface area (Å²) < 4.78 is 27.9. The fourth-order valence-electron chi connectivity index (χ4n) is 4.08. The molecule has 0 radical (unpaired) electrons. The second-order valence-electron chi connectivity index (χ2n) is 7.63. The Morgan fingerprint density at radius 3 is 2.27 bits per heavy atom. The van der Waals surface area contributed by atoms with Crippen molar-refractivity contribution >= 4 is 46.5 Å². The first kappa shape index (κ1) is 21.5. The van der Waals surface area contributed by atoms with Crippen LogP contribution in [0, 0.1) is 17.6 Å². The molecule has 1 aromatic heterocycles. The smallest absolute Gasteiger partial charge is 0.308 e. The lowest BCUT2D eigenvalue weighted by Crippen LogP contribution is -2.32. The molecule has 3 heterocycles. The minimum absolute atomic E-state index is 0.321. The van der Waals surface area contributed by atoms with Gasteiger partial charge in [-0.2, -0.15) is 0 Å². The van der Waals surface area contributed by atoms with E-state index >= 15 is 0 Å². The van der Waals surface area contributed by atoms with Gasteiger partial charge in [0.05, 0.1) is 10.9 Å². The van der Waals surface area contributed by atoms with Gasteiger partial charge in [-0.15, -0.1) is 0 Å². The van der Waals surface area contributed by atoms with Crippen molar-refractivity contribution in [2.75, 3.05) is 5.32 Å². The molecule has 0 bridgehead atoms. The van der Waals surface area contributed by atoms with Gasteiger partial charge in [-0.05, 0) is 42.0 Å². The molecule has 11 heteroatoms. The number of carbonyl (C=O) groups excluding carboxylic acids is 3. The maximum absolute atomic E-state index is 13.5. The third kappa shape index (κ3) is 3.87. The van der Waals surface area contributed by atoms with Crippen LogP contribution in [0.15, 0.2) is 58.4 Å². The Kier molecular flexibility index (Phi) is 5.37. The molecule has 33 heavy (non-hydrogen) atoms. The molecular weight excluding hydrogens is 472 g/mol. The molecule has 168 valence electrons. The van der Waals surface area contributed by atoms with Crippen molar-refractivity contribution < 1.29 is 23.2 Å². The summed E-state index contributed by atoms with van der Waals surface area (Å²) in [6.45, 7) is -0.321. The van der Waals surface area contributed by atoms with Crippen molar-refractivity contribution in [2.45, 2.75) is 22.7 Å². The highest BCUT2D eigenvalue weighted by Crippen LogP contribution is 2.51. The topological polar surface area (TPSA) is 97.3 Å². The Hall–Kier alpha value is -3.31. The van der Waals surface area contributed by atoms with Crippen molar-refractivity contribution in [3.63, 3.8) is 0 Å². The molecule has 1 saturated heterocycles. The molecule has 2 aromatic carbocycles. The molecule has 0 aliphatic carbocycles. The average molecular weight is 488 g/mol. The van der Waals surface area contributed by atoms with Gasteiger partial charge in [0.15, 0.2) is 0 Å². The summed E-state index contributed by atoms with van der Waals surface area (Å²) in [5.41, 5.74) is 0.971. The van der Waals surface area contributed by atoms with E-state index in [4.69, 9.17) is 0 Å². The van der Waals surface area contributed by atoms with Crippen molar-refractivity contribution in [1.82, 2.24) is 9.88 Å². The average Bonchev–Trinajstić information content (AvgIpc) is 3.24. The van der Waals surface area contributed by atoms with Crippen LogP contribution in [0.3, 0.4) is 0 Å². The lowest BCUT2D eigenvalue weighted by molar-refractivity contribution is -0.126. The van der Waals surface area contributed by atoms with E-state index in [-0.39, 0.29) is 6.54 Å². The van der Waals surface area contributed by atoms with Crippen molar-refractivity contribution in [2.24, 2.45) is 5.92 Å². The molecule has 7 nitrogen and oxygen atoms in total. The number of thiazole rings is 1. The van der Waals surface area contributed by atoms with Gasteiger partial charge in [-0.1, -0.05) is 35.2 Å². The second kappa shape index (κ2) is 8.23. The molecule has 2 N–H and O–H groups in total. The standard InChI is InChI=1S/C22H15F2N3O4S2/c23-11-3-1-10(2-4-11)15-16-17(20(30)26-19(16)29)32-21-18(15)33-22(31)27(21)9-14(28)25-13-7-5-12(24)6-8-13/h1-8,15-17H,9H2,(H,25,28)(H,26,29,30). The van der Waals surface area contributed by atoms with Gasteiger partial charge >= 0.3 is 4.87 Å². The number of nitrogens with zero attached hydrogens (tertiary/aromatic N) is 1. The van der Waals surface area contributed by atoms with Gasteiger partial charge in [0, 0.05) is 16.5 Å². The first-order valence-electron chi connectivity index (χ1n) is 9.87. The highest BCUT2D eigenvalue weighted by Gasteiger charge is 2.52. The minimum atomic E-state index is -0.777. The molecule has 3 amide bonds. The van der Waals surface area contributed by atoms with Crippen LogP contribution >= 0.6 is 23.1 Å². The monoisotopic (exact) mass is 487 g/mol. The Labute approximate surface area is 193 Å². The van der Waals surface area contributed by atoms with Gasteiger partial charge < -0.3 is 5.32 Å². The van der Waals surface area contributed by atoms with Gasteiger partial charge in [-0.3, -0.25) is 29.1 Å². The van der Waals surface area contributed by atoms with Crippen LogP contribution in [0.4, 0.5) is 14.5 Å². The van der Waals surface area contributed by atoms with Crippen LogP contribution < -0.4 is 15.5 Å². The SMILES string of the molecule is O=C(Cn1c2c(sc1=O)C(c1ccc(F)cc1)C1C(=O)NC(=O)C1S2)Nc1ccc(F)cc1. The summed E-state index contributed by atoms with van der Waals surface area (Å²) in [5, 5.41) is 4.60. The summed E-state index contributed by atoms with van der Waals surface area (Å²) in [6.07, 6.45) is 0. The summed E-state index contributed by atoms with van der Waals surface area (Å²) in [5.74, 6) is -3.68. The number of thioether (sulfide) groups is 1. The number of hydrogen-bond acceptors (Lipinski definition) is 6. The quantitative estimate of drug-likeness (QED) is 0.552. The maximum Gasteiger partial charge on any atom is 0.308 e. The molecule has 1 fully saturated rings. The van der Waals surface area contributed by atoms with E-state index in [0.717, 1.165) is 23.1 Å². The number of imide groups is 1. The molecule has 0 spiro atoms. The Morgan fingerprint density at radius 2 is 1.61 bits per heavy atom. The van der Waals surface area contributed by atoms with Gasteiger partial charge in [0.25, 0.3) is 0 Å². The highest BCUT2D eigenvalue weighted by molar-refractivity contribution is 8.00. The van der Waals surface area contributed by atoms with E-state index in [1.807, 2.05) is 0 Å². The Morgan fingerprint density at radius 1 is 0.970 bits per heavy atom. The molecule has 5 rings (SSSR count). The summed E-state index contributed by atoms with van der Waals surface area (Å²) in [6, 6.07) is 10.8. The molecule has 2 aliphatic rings. The Balaban J connectivity index is 1.52. The largest absolute Gasteiger partial charge is 0.325 e. The van der Waals surface area contributed by atoms with Crippen LogP contribution in [-0.4, -0.2) is 27.5 Å². The molecule has 3 unspecified atom stereocenters. The minimum Gasteiger partial charge on any atom is -0.325 e. The van der Waals surface area contributed by atoms with Crippen LogP contribution in [0.5, 0.6) is 0 Å². The van der Waals surface area contributed by atoms with Crippen molar-refractivity contribution in [1.29, 1.82) is 0 Å². The summed E-state index contributed by atoms with van der Waals surface area (Å²) in [4.78, 5) is 50.6. The number of fused-ring (bicyclic) bond motifs is 2. The highest BCUT2D eigenvalue weighted by atomic mass is 32.2. The normalized spacial score (nSPS) is 21.3. The third-order valence-corrected chi connectivity index (χ3v) is 8.16.